The van der Waals surface area contributed by atoms with Gasteiger partial charge in [-0.2, -0.15) is 0 Å². The van der Waals surface area contributed by atoms with Gasteiger partial charge in [0, 0.05) is 10.8 Å². The Morgan fingerprint density at radius 2 is 2.00 bits per heavy atom. The number of carbonyl (C=O) groups excluding carboxylic acids is 1. The standard InChI is InChI=1S/C16H26N2O2S/c1-10(20-15(19)16(3,4)5)13-11(2)21-14(18-13)12-6-8-17-9-7-12/h10,12,17H,6-9H2,1-5H3. The zero-order chi connectivity index (χ0) is 15.6. The number of aryl methyl sites for hydroxylation is 1. The van der Waals surface area contributed by atoms with Crippen LogP contribution in [0.5, 0.6) is 0 Å². The van der Waals surface area contributed by atoms with Crippen LogP contribution in [0.3, 0.4) is 0 Å². The van der Waals surface area contributed by atoms with Crippen molar-refractivity contribution in [1.29, 1.82) is 0 Å². The first kappa shape index (κ1) is 16.4. The maximum Gasteiger partial charge on any atom is 0.311 e. The van der Waals surface area contributed by atoms with Crippen LogP contribution in [0.2, 0.25) is 0 Å². The third kappa shape index (κ3) is 4.04. The number of piperidine rings is 1. The van der Waals surface area contributed by atoms with Crippen LogP contribution in [0.4, 0.5) is 0 Å². The van der Waals surface area contributed by atoms with Crippen LogP contribution in [0.25, 0.3) is 0 Å². The molecule has 1 atom stereocenters. The molecule has 1 aliphatic heterocycles. The number of hydrogen-bond donors (Lipinski definition) is 1. The number of thiazole rings is 1. The van der Waals surface area contributed by atoms with Gasteiger partial charge in [-0.3, -0.25) is 4.79 Å². The number of carbonyl (C=O) groups is 1. The quantitative estimate of drug-likeness (QED) is 0.867. The number of aromatic nitrogens is 1. The SMILES string of the molecule is Cc1sc(C2CCNCC2)nc1C(C)OC(=O)C(C)(C)C. The molecule has 118 valence electrons. The number of nitrogens with one attached hydrogen (secondary N) is 1. The van der Waals surface area contributed by atoms with Crippen LogP contribution in [0, 0.1) is 12.3 Å². The molecule has 0 aromatic carbocycles. The van der Waals surface area contributed by atoms with Crippen LogP contribution in [-0.4, -0.2) is 24.0 Å². The first-order valence-electron chi connectivity index (χ1n) is 7.68. The summed E-state index contributed by atoms with van der Waals surface area (Å²) >= 11 is 1.75. The average Bonchev–Trinajstić information content (AvgIpc) is 2.81. The summed E-state index contributed by atoms with van der Waals surface area (Å²) in [5.74, 6) is 0.375. The lowest BCUT2D eigenvalue weighted by molar-refractivity contribution is -0.158. The van der Waals surface area contributed by atoms with Gasteiger partial charge in [-0.15, -0.1) is 11.3 Å². The fourth-order valence-electron chi connectivity index (χ4n) is 2.44. The fourth-order valence-corrected chi connectivity index (χ4v) is 3.62. The van der Waals surface area contributed by atoms with Crippen LogP contribution in [0.15, 0.2) is 0 Å². The number of hydrogen-bond acceptors (Lipinski definition) is 5. The van der Waals surface area contributed by atoms with Gasteiger partial charge in [0.25, 0.3) is 0 Å². The second kappa shape index (κ2) is 6.44. The molecule has 1 saturated heterocycles. The van der Waals surface area contributed by atoms with E-state index in [0.29, 0.717) is 5.92 Å². The highest BCUT2D eigenvalue weighted by Crippen LogP contribution is 2.34. The Morgan fingerprint density at radius 3 is 2.57 bits per heavy atom. The molecular formula is C16H26N2O2S. The van der Waals surface area contributed by atoms with E-state index in [1.165, 1.54) is 5.01 Å². The molecule has 1 unspecified atom stereocenters. The van der Waals surface area contributed by atoms with Crippen molar-refractivity contribution in [1.82, 2.24) is 10.3 Å². The summed E-state index contributed by atoms with van der Waals surface area (Å²) in [6.45, 7) is 11.7. The van der Waals surface area contributed by atoms with Crippen molar-refractivity contribution in [2.24, 2.45) is 5.41 Å². The highest BCUT2D eigenvalue weighted by Gasteiger charge is 2.28. The van der Waals surface area contributed by atoms with Gasteiger partial charge in [-0.25, -0.2) is 4.98 Å². The van der Waals surface area contributed by atoms with Gasteiger partial charge in [0.1, 0.15) is 6.10 Å². The molecule has 21 heavy (non-hydrogen) atoms. The molecule has 2 rings (SSSR count). The van der Waals surface area contributed by atoms with E-state index in [0.717, 1.165) is 36.5 Å². The molecule has 5 heteroatoms. The molecule has 1 fully saturated rings. The Labute approximate surface area is 131 Å². The summed E-state index contributed by atoms with van der Waals surface area (Å²) < 4.78 is 5.58. The molecule has 0 bridgehead atoms. The van der Waals surface area contributed by atoms with Crippen molar-refractivity contribution in [2.75, 3.05) is 13.1 Å². The molecule has 2 heterocycles. The van der Waals surface area contributed by atoms with E-state index in [2.05, 4.69) is 12.2 Å². The molecular weight excluding hydrogens is 284 g/mol. The normalized spacial score (nSPS) is 18.5. The van der Waals surface area contributed by atoms with Gasteiger partial charge in [0.2, 0.25) is 0 Å². The van der Waals surface area contributed by atoms with Gasteiger partial charge in [0.15, 0.2) is 0 Å². The monoisotopic (exact) mass is 310 g/mol. The van der Waals surface area contributed by atoms with E-state index < -0.39 is 5.41 Å². The molecule has 0 saturated carbocycles. The largest absolute Gasteiger partial charge is 0.456 e. The lowest BCUT2D eigenvalue weighted by Gasteiger charge is -2.21. The minimum atomic E-state index is -0.476. The Balaban J connectivity index is 2.09. The van der Waals surface area contributed by atoms with E-state index >= 15 is 0 Å². The van der Waals surface area contributed by atoms with E-state index in [1.807, 2.05) is 27.7 Å². The summed E-state index contributed by atoms with van der Waals surface area (Å²) in [7, 11) is 0. The predicted molar refractivity (Wildman–Crippen MR) is 85.7 cm³/mol. The summed E-state index contributed by atoms with van der Waals surface area (Å²) in [5, 5.41) is 4.58. The number of ether oxygens (including phenoxy) is 1. The fraction of sp³-hybridized carbons (Fsp3) is 0.750. The lowest BCUT2D eigenvalue weighted by Crippen LogP contribution is -2.26. The zero-order valence-electron chi connectivity index (χ0n) is 13.7. The Kier molecular flexibility index (Phi) is 5.04. The topological polar surface area (TPSA) is 51.2 Å². The van der Waals surface area contributed by atoms with Crippen molar-refractivity contribution in [3.8, 4) is 0 Å². The molecule has 4 nitrogen and oxygen atoms in total. The second-order valence-electron chi connectivity index (χ2n) is 6.82. The number of rotatable bonds is 3. The van der Waals surface area contributed by atoms with Gasteiger partial charge >= 0.3 is 5.97 Å². The van der Waals surface area contributed by atoms with E-state index in [-0.39, 0.29) is 12.1 Å². The molecule has 0 spiro atoms. The average molecular weight is 310 g/mol. The first-order chi connectivity index (χ1) is 9.79. The molecule has 1 aromatic heterocycles. The number of esters is 1. The lowest BCUT2D eigenvalue weighted by atomic mass is 9.97. The molecule has 1 aliphatic rings. The van der Waals surface area contributed by atoms with Gasteiger partial charge in [-0.05, 0) is 60.5 Å². The Bertz CT molecular complexity index is 499. The summed E-state index contributed by atoms with van der Waals surface area (Å²) in [4.78, 5) is 18.0. The minimum absolute atomic E-state index is 0.175. The molecule has 0 amide bonds. The van der Waals surface area contributed by atoms with Crippen LogP contribution in [-0.2, 0) is 9.53 Å². The maximum absolute atomic E-state index is 12.0. The number of nitrogens with zero attached hydrogens (tertiary/aromatic N) is 1. The van der Waals surface area contributed by atoms with Crippen molar-refractivity contribution in [2.45, 2.75) is 59.5 Å². The predicted octanol–water partition coefficient (Wildman–Crippen LogP) is 3.57. The minimum Gasteiger partial charge on any atom is -0.456 e. The van der Waals surface area contributed by atoms with Crippen LogP contribution < -0.4 is 5.32 Å². The third-order valence-electron chi connectivity index (χ3n) is 3.82. The molecule has 1 aromatic rings. The summed E-state index contributed by atoms with van der Waals surface area (Å²) in [5.41, 5.74) is 0.446. The van der Waals surface area contributed by atoms with Gasteiger partial charge < -0.3 is 10.1 Å². The van der Waals surface area contributed by atoms with Gasteiger partial charge in [0.05, 0.1) is 16.1 Å². The van der Waals surface area contributed by atoms with Crippen molar-refractivity contribution >= 4 is 17.3 Å². The van der Waals surface area contributed by atoms with Crippen molar-refractivity contribution in [3.05, 3.63) is 15.6 Å². The van der Waals surface area contributed by atoms with Crippen molar-refractivity contribution in [3.63, 3.8) is 0 Å². The molecule has 0 radical (unpaired) electrons. The first-order valence-corrected chi connectivity index (χ1v) is 8.49. The van der Waals surface area contributed by atoms with E-state index in [9.17, 15) is 4.79 Å². The van der Waals surface area contributed by atoms with E-state index in [4.69, 9.17) is 9.72 Å². The van der Waals surface area contributed by atoms with E-state index in [1.54, 1.807) is 11.3 Å². The Morgan fingerprint density at radius 1 is 1.38 bits per heavy atom. The van der Waals surface area contributed by atoms with Crippen LogP contribution >= 0.6 is 11.3 Å². The molecule has 0 aliphatic carbocycles. The zero-order valence-corrected chi connectivity index (χ0v) is 14.5. The smallest absolute Gasteiger partial charge is 0.311 e. The highest BCUT2D eigenvalue weighted by molar-refractivity contribution is 7.11. The summed E-state index contributed by atoms with van der Waals surface area (Å²) in [6, 6.07) is 0. The second-order valence-corrected chi connectivity index (χ2v) is 8.05. The highest BCUT2D eigenvalue weighted by atomic mass is 32.1. The Hall–Kier alpha value is -0.940. The molecule has 1 N–H and O–H groups in total. The third-order valence-corrected chi connectivity index (χ3v) is 4.97. The van der Waals surface area contributed by atoms with Crippen LogP contribution in [0.1, 0.15) is 68.1 Å². The van der Waals surface area contributed by atoms with Crippen molar-refractivity contribution < 1.29 is 9.53 Å². The van der Waals surface area contributed by atoms with Gasteiger partial charge in [-0.1, -0.05) is 0 Å². The summed E-state index contributed by atoms with van der Waals surface area (Å²) in [6.07, 6.45) is 2.01. The maximum atomic E-state index is 12.0.